The van der Waals surface area contributed by atoms with Gasteiger partial charge in [-0.25, -0.2) is 0 Å². The summed E-state index contributed by atoms with van der Waals surface area (Å²) in [6.07, 6.45) is 11.1. The molecule has 0 aromatic heterocycles. The summed E-state index contributed by atoms with van der Waals surface area (Å²) < 4.78 is 0. The van der Waals surface area contributed by atoms with Gasteiger partial charge in [0, 0.05) is 18.6 Å². The van der Waals surface area contributed by atoms with Crippen LogP contribution >= 0.6 is 0 Å². The average Bonchev–Trinajstić information content (AvgIpc) is 2.80. The molecule has 1 heterocycles. The van der Waals surface area contributed by atoms with Crippen LogP contribution in [0, 0.1) is 11.3 Å². The molecule has 1 atom stereocenters. The first-order chi connectivity index (χ1) is 9.65. The summed E-state index contributed by atoms with van der Waals surface area (Å²) in [6, 6.07) is 3.82. The number of hydrogen-bond donors (Lipinski definition) is 1. The fourth-order valence-corrected chi connectivity index (χ4v) is 3.77. The largest absolute Gasteiger partial charge is 0.301 e. The minimum atomic E-state index is -0.265. The topological polar surface area (TPSA) is 39.1 Å². The molecule has 0 radical (unpaired) electrons. The highest BCUT2D eigenvalue weighted by Crippen LogP contribution is 2.26. The van der Waals surface area contributed by atoms with E-state index in [0.717, 1.165) is 32.4 Å². The quantitative estimate of drug-likeness (QED) is 0.803. The summed E-state index contributed by atoms with van der Waals surface area (Å²) >= 11 is 0. The highest BCUT2D eigenvalue weighted by Gasteiger charge is 2.35. The van der Waals surface area contributed by atoms with Gasteiger partial charge in [-0.3, -0.25) is 5.32 Å². The molecule has 2 rings (SSSR count). The van der Waals surface area contributed by atoms with Crippen LogP contribution in [0.3, 0.4) is 0 Å². The molecule has 0 amide bonds. The van der Waals surface area contributed by atoms with Gasteiger partial charge in [0.05, 0.1) is 6.07 Å². The van der Waals surface area contributed by atoms with Crippen molar-refractivity contribution < 1.29 is 0 Å². The lowest BCUT2D eigenvalue weighted by atomic mass is 9.90. The summed E-state index contributed by atoms with van der Waals surface area (Å²) in [4.78, 5) is 2.52. The number of rotatable bonds is 3. The molecular weight excluding hydrogens is 246 g/mol. The van der Waals surface area contributed by atoms with Crippen molar-refractivity contribution >= 4 is 0 Å². The lowest BCUT2D eigenvalue weighted by Gasteiger charge is -2.32. The Morgan fingerprint density at radius 1 is 1.05 bits per heavy atom. The number of hydrogen-bond acceptors (Lipinski definition) is 3. The Bertz CT molecular complexity index is 326. The van der Waals surface area contributed by atoms with Gasteiger partial charge in [-0.05, 0) is 52.5 Å². The molecule has 2 aliphatic rings. The predicted molar refractivity (Wildman–Crippen MR) is 83.5 cm³/mol. The third-order valence-electron chi connectivity index (χ3n) is 5.15. The van der Waals surface area contributed by atoms with Crippen LogP contribution in [0.25, 0.3) is 0 Å². The van der Waals surface area contributed by atoms with Crippen LogP contribution in [-0.2, 0) is 0 Å². The fourth-order valence-electron chi connectivity index (χ4n) is 3.77. The maximum Gasteiger partial charge on any atom is 0.108 e. The number of nitrogens with zero attached hydrogens (tertiary/aromatic N) is 2. The van der Waals surface area contributed by atoms with Crippen molar-refractivity contribution in [2.75, 3.05) is 13.1 Å². The lowest BCUT2D eigenvalue weighted by Crippen LogP contribution is -2.50. The van der Waals surface area contributed by atoms with E-state index in [2.05, 4.69) is 30.1 Å². The van der Waals surface area contributed by atoms with E-state index in [4.69, 9.17) is 0 Å². The van der Waals surface area contributed by atoms with Gasteiger partial charge in [0.25, 0.3) is 0 Å². The van der Waals surface area contributed by atoms with Crippen molar-refractivity contribution in [1.82, 2.24) is 10.2 Å². The van der Waals surface area contributed by atoms with Crippen LogP contribution in [0.15, 0.2) is 0 Å². The molecular formula is C17H31N3. The average molecular weight is 277 g/mol. The molecule has 0 aromatic rings. The van der Waals surface area contributed by atoms with E-state index in [9.17, 15) is 5.26 Å². The van der Waals surface area contributed by atoms with Crippen molar-refractivity contribution in [1.29, 1.82) is 5.26 Å². The predicted octanol–water partition coefficient (Wildman–Crippen LogP) is 3.46. The maximum atomic E-state index is 9.76. The Balaban J connectivity index is 1.96. The van der Waals surface area contributed by atoms with Crippen LogP contribution in [0.5, 0.6) is 0 Å². The van der Waals surface area contributed by atoms with Gasteiger partial charge < -0.3 is 4.90 Å². The Kier molecular flexibility index (Phi) is 5.86. The van der Waals surface area contributed by atoms with Gasteiger partial charge >= 0.3 is 0 Å². The van der Waals surface area contributed by atoms with Crippen LogP contribution in [0.1, 0.15) is 71.6 Å². The fraction of sp³-hybridized carbons (Fsp3) is 0.941. The van der Waals surface area contributed by atoms with Crippen molar-refractivity contribution in [3.63, 3.8) is 0 Å². The molecule has 1 aliphatic carbocycles. The zero-order valence-electron chi connectivity index (χ0n) is 13.3. The summed E-state index contributed by atoms with van der Waals surface area (Å²) in [5, 5.41) is 13.5. The molecule has 0 aromatic carbocycles. The summed E-state index contributed by atoms with van der Waals surface area (Å²) in [5.41, 5.74) is -0.265. The second-order valence-electron chi connectivity index (χ2n) is 7.01. The second kappa shape index (κ2) is 7.43. The molecule has 3 nitrogen and oxygen atoms in total. The minimum absolute atomic E-state index is 0.265. The highest BCUT2D eigenvalue weighted by atomic mass is 15.2. The van der Waals surface area contributed by atoms with Gasteiger partial charge in [-0.1, -0.05) is 25.7 Å². The molecule has 1 N–H and O–H groups in total. The second-order valence-corrected chi connectivity index (χ2v) is 7.01. The molecule has 1 unspecified atom stereocenters. The first kappa shape index (κ1) is 15.8. The van der Waals surface area contributed by atoms with Crippen molar-refractivity contribution in [2.24, 2.45) is 0 Å². The molecule has 1 aliphatic heterocycles. The van der Waals surface area contributed by atoms with Gasteiger partial charge in [-0.2, -0.15) is 5.26 Å². The van der Waals surface area contributed by atoms with Gasteiger partial charge in [-0.15, -0.1) is 0 Å². The van der Waals surface area contributed by atoms with Gasteiger partial charge in [0.15, 0.2) is 0 Å². The van der Waals surface area contributed by atoms with Crippen LogP contribution in [-0.4, -0.2) is 35.6 Å². The standard InChI is InChI=1S/C17H31N3/c1-15(2)20-12-7-10-17(14-18,11-13-20)19-16-8-5-3-4-6-9-16/h15-16,19H,3-13H2,1-2H3. The van der Waals surface area contributed by atoms with E-state index in [0.29, 0.717) is 12.1 Å². The first-order valence-corrected chi connectivity index (χ1v) is 8.58. The Morgan fingerprint density at radius 2 is 1.75 bits per heavy atom. The molecule has 1 saturated heterocycles. The zero-order chi connectivity index (χ0) is 14.4. The third-order valence-corrected chi connectivity index (χ3v) is 5.15. The molecule has 2 fully saturated rings. The van der Waals surface area contributed by atoms with E-state index in [1.54, 1.807) is 0 Å². The number of nitriles is 1. The minimum Gasteiger partial charge on any atom is -0.301 e. The van der Waals surface area contributed by atoms with Crippen LogP contribution in [0.4, 0.5) is 0 Å². The monoisotopic (exact) mass is 277 g/mol. The summed E-state index contributed by atoms with van der Waals surface area (Å²) in [7, 11) is 0. The maximum absolute atomic E-state index is 9.76. The summed E-state index contributed by atoms with van der Waals surface area (Å²) in [6.45, 7) is 6.73. The van der Waals surface area contributed by atoms with Crippen molar-refractivity contribution in [3.8, 4) is 6.07 Å². The highest BCUT2D eigenvalue weighted by molar-refractivity contribution is 5.09. The third kappa shape index (κ3) is 4.20. The van der Waals surface area contributed by atoms with Gasteiger partial charge in [0.2, 0.25) is 0 Å². The van der Waals surface area contributed by atoms with E-state index in [-0.39, 0.29) is 5.54 Å². The molecule has 0 bridgehead atoms. The zero-order valence-corrected chi connectivity index (χ0v) is 13.3. The Labute approximate surface area is 124 Å². The van der Waals surface area contributed by atoms with E-state index >= 15 is 0 Å². The normalized spacial score (nSPS) is 30.7. The summed E-state index contributed by atoms with van der Waals surface area (Å²) in [5.74, 6) is 0. The van der Waals surface area contributed by atoms with Gasteiger partial charge in [0.1, 0.15) is 5.54 Å². The Morgan fingerprint density at radius 3 is 2.35 bits per heavy atom. The SMILES string of the molecule is CC(C)N1CCCC(C#N)(NC2CCCCCC2)CC1. The first-order valence-electron chi connectivity index (χ1n) is 8.58. The smallest absolute Gasteiger partial charge is 0.108 e. The Hall–Kier alpha value is -0.590. The molecule has 114 valence electrons. The number of likely N-dealkylation sites (tertiary alicyclic amines) is 1. The van der Waals surface area contributed by atoms with E-state index in [1.807, 2.05) is 0 Å². The molecule has 20 heavy (non-hydrogen) atoms. The molecule has 1 saturated carbocycles. The van der Waals surface area contributed by atoms with Crippen molar-refractivity contribution in [3.05, 3.63) is 0 Å². The molecule has 3 heteroatoms. The van der Waals surface area contributed by atoms with E-state index in [1.165, 1.54) is 38.5 Å². The van der Waals surface area contributed by atoms with Crippen LogP contribution < -0.4 is 5.32 Å². The van der Waals surface area contributed by atoms with E-state index < -0.39 is 0 Å². The molecule has 0 spiro atoms. The number of nitrogens with one attached hydrogen (secondary N) is 1. The lowest BCUT2D eigenvalue weighted by molar-refractivity contribution is 0.222. The van der Waals surface area contributed by atoms with Crippen molar-refractivity contribution in [2.45, 2.75) is 89.3 Å². The van der Waals surface area contributed by atoms with Crippen LogP contribution in [0.2, 0.25) is 0 Å².